The lowest BCUT2D eigenvalue weighted by Gasteiger charge is -2.07. The lowest BCUT2D eigenvalue weighted by Crippen LogP contribution is -2.15. The smallest absolute Gasteiger partial charge is 0.360 e. The van der Waals surface area contributed by atoms with Crippen molar-refractivity contribution in [2.24, 2.45) is 0 Å². The molecule has 0 aliphatic heterocycles. The largest absolute Gasteiger partial charge is 0.497 e. The van der Waals surface area contributed by atoms with E-state index in [2.05, 4.69) is 36.0 Å². The van der Waals surface area contributed by atoms with Gasteiger partial charge in [-0.2, -0.15) is 10.3 Å². The maximum absolute atomic E-state index is 11.9. The van der Waals surface area contributed by atoms with Gasteiger partial charge in [-0.25, -0.2) is 23.7 Å². The summed E-state index contributed by atoms with van der Waals surface area (Å²) in [6.07, 6.45) is 0. The van der Waals surface area contributed by atoms with Gasteiger partial charge in [0, 0.05) is 0 Å². The number of esters is 3. The monoisotopic (exact) mass is 705 g/mol. The summed E-state index contributed by atoms with van der Waals surface area (Å²) in [4.78, 5) is 34.5. The minimum absolute atomic E-state index is 0.256. The molecular weight excluding hydrogens is 662 g/mol. The molecule has 3 heterocycles. The van der Waals surface area contributed by atoms with Crippen molar-refractivity contribution < 1.29 is 38.1 Å². The third kappa shape index (κ3) is 11.2. The Morgan fingerprint density at radius 3 is 1.55 bits per heavy atom. The fourth-order valence-corrected chi connectivity index (χ4v) is 4.35. The maximum Gasteiger partial charge on any atom is 0.360 e. The van der Waals surface area contributed by atoms with Crippen LogP contribution in [0.4, 0.5) is 0 Å². The Morgan fingerprint density at radius 1 is 0.608 bits per heavy atom. The van der Waals surface area contributed by atoms with Crippen LogP contribution in [0.5, 0.6) is 11.5 Å². The molecule has 0 saturated carbocycles. The predicted octanol–water partition coefficient (Wildman–Crippen LogP) is 3.93. The van der Waals surface area contributed by atoms with E-state index in [1.165, 1.54) is 0 Å². The van der Waals surface area contributed by atoms with Crippen LogP contribution in [0.2, 0.25) is 0 Å². The number of aromatic nitrogens is 9. The van der Waals surface area contributed by atoms with E-state index in [0.29, 0.717) is 55.7 Å². The van der Waals surface area contributed by atoms with E-state index in [1.54, 1.807) is 65.1 Å². The van der Waals surface area contributed by atoms with Crippen molar-refractivity contribution in [3.8, 4) is 11.5 Å². The number of aromatic amines is 1. The molecule has 0 saturated heterocycles. The number of rotatable bonds is 12. The zero-order valence-electron chi connectivity index (χ0n) is 30.0. The minimum Gasteiger partial charge on any atom is -0.497 e. The first-order chi connectivity index (χ1) is 24.6. The van der Waals surface area contributed by atoms with E-state index in [0.717, 1.165) is 22.6 Å². The van der Waals surface area contributed by atoms with E-state index in [9.17, 15) is 14.4 Å². The summed E-state index contributed by atoms with van der Waals surface area (Å²) in [5.41, 5.74) is 4.78. The molecule has 0 radical (unpaired) electrons. The van der Waals surface area contributed by atoms with Gasteiger partial charge in [-0.15, -0.1) is 15.3 Å². The van der Waals surface area contributed by atoms with E-state index in [1.807, 2.05) is 48.5 Å². The molecule has 0 unspecified atom stereocenters. The molecule has 17 heteroatoms. The SMILES string of the molecule is CCOC(=O)c1c(C)nnn1Cc1ccc(OC)cc1.CCOC(=O)c1n[nH]nc1C.CCOC(=O)c1nnn(Cc2ccc(OC)cc2)c1C. The maximum atomic E-state index is 11.9. The normalized spacial score (nSPS) is 10.2. The zero-order valence-corrected chi connectivity index (χ0v) is 30.0. The number of hydrogen-bond donors (Lipinski definition) is 1. The number of hydrogen-bond acceptors (Lipinski definition) is 14. The molecule has 5 aromatic rings. The van der Waals surface area contributed by atoms with E-state index in [4.69, 9.17) is 23.7 Å². The molecule has 3 aromatic heterocycles. The van der Waals surface area contributed by atoms with Crippen LogP contribution in [0.3, 0.4) is 0 Å². The number of nitrogens with zero attached hydrogens (tertiary/aromatic N) is 8. The van der Waals surface area contributed by atoms with Crippen molar-refractivity contribution in [2.75, 3.05) is 34.0 Å². The van der Waals surface area contributed by atoms with Crippen LogP contribution >= 0.6 is 0 Å². The van der Waals surface area contributed by atoms with E-state index < -0.39 is 17.9 Å². The Kier molecular flexibility index (Phi) is 15.2. The van der Waals surface area contributed by atoms with Crippen molar-refractivity contribution in [3.05, 3.63) is 93.8 Å². The fraction of sp³-hybridized carbons (Fsp3) is 0.382. The average Bonchev–Trinajstić information content (AvgIpc) is 3.84. The molecule has 0 fully saturated rings. The summed E-state index contributed by atoms with van der Waals surface area (Å²) in [6, 6.07) is 15.2. The Labute approximate surface area is 295 Å². The first-order valence-electron chi connectivity index (χ1n) is 16.0. The summed E-state index contributed by atoms with van der Waals surface area (Å²) in [5, 5.41) is 25.4. The quantitative estimate of drug-likeness (QED) is 0.145. The summed E-state index contributed by atoms with van der Waals surface area (Å²) >= 11 is 0. The van der Waals surface area contributed by atoms with E-state index >= 15 is 0 Å². The highest BCUT2D eigenvalue weighted by atomic mass is 16.5. The molecule has 0 amide bonds. The number of methoxy groups -OCH3 is 2. The highest BCUT2D eigenvalue weighted by molar-refractivity contribution is 5.89. The van der Waals surface area contributed by atoms with Gasteiger partial charge in [0.25, 0.3) is 0 Å². The summed E-state index contributed by atoms with van der Waals surface area (Å²) < 4.78 is 28.1. The van der Waals surface area contributed by atoms with Gasteiger partial charge in [-0.05, 0) is 76.9 Å². The van der Waals surface area contributed by atoms with Gasteiger partial charge in [0.05, 0.1) is 64.2 Å². The fourth-order valence-electron chi connectivity index (χ4n) is 4.35. The van der Waals surface area contributed by atoms with Crippen molar-refractivity contribution in [2.45, 2.75) is 54.6 Å². The molecule has 2 aromatic carbocycles. The lowest BCUT2D eigenvalue weighted by atomic mass is 10.2. The van der Waals surface area contributed by atoms with Gasteiger partial charge < -0.3 is 23.7 Å². The van der Waals surface area contributed by atoms with Crippen molar-refractivity contribution >= 4 is 17.9 Å². The second-order valence-corrected chi connectivity index (χ2v) is 10.5. The Bertz CT molecular complexity index is 1850. The van der Waals surface area contributed by atoms with Gasteiger partial charge >= 0.3 is 17.9 Å². The minimum atomic E-state index is -0.439. The van der Waals surface area contributed by atoms with Crippen LogP contribution < -0.4 is 9.47 Å². The Morgan fingerprint density at radius 2 is 1.08 bits per heavy atom. The van der Waals surface area contributed by atoms with Crippen molar-refractivity contribution in [1.82, 2.24) is 45.4 Å². The third-order valence-corrected chi connectivity index (χ3v) is 7.00. The molecule has 0 atom stereocenters. The number of benzene rings is 2. The summed E-state index contributed by atoms with van der Waals surface area (Å²) in [7, 11) is 3.25. The average molecular weight is 706 g/mol. The van der Waals surface area contributed by atoms with Gasteiger partial charge in [0.2, 0.25) is 0 Å². The summed E-state index contributed by atoms with van der Waals surface area (Å²) in [6.45, 7) is 12.5. The van der Waals surface area contributed by atoms with Gasteiger partial charge in [0.15, 0.2) is 17.1 Å². The summed E-state index contributed by atoms with van der Waals surface area (Å²) in [5.74, 6) is 0.318. The Balaban J connectivity index is 0.000000216. The first-order valence-corrected chi connectivity index (χ1v) is 16.0. The van der Waals surface area contributed by atoms with Crippen LogP contribution in [0.1, 0.15) is 80.4 Å². The van der Waals surface area contributed by atoms with Crippen LogP contribution in [-0.4, -0.2) is 97.3 Å². The molecule has 0 spiro atoms. The second-order valence-electron chi connectivity index (χ2n) is 10.5. The highest BCUT2D eigenvalue weighted by Crippen LogP contribution is 2.15. The topological polar surface area (TPSA) is 200 Å². The number of H-pyrrole nitrogens is 1. The standard InChI is InChI=1S/2C14H17N3O3.C6H9N3O2/c1-4-20-14(18)13-10(2)17(16-15-13)9-11-5-7-12(19-3)8-6-11;1-4-20-14(18)13-10(2)15-16-17(13)9-11-5-7-12(19-3)8-6-11;1-3-11-6(10)5-4(2)7-9-8-5/h2*5-8H,4,9H2,1-3H3;3H2,1-2H3,(H,7,8,9). The second kappa shape index (κ2) is 19.8. The zero-order chi connectivity index (χ0) is 37.3. The molecule has 1 N–H and O–H groups in total. The molecule has 51 heavy (non-hydrogen) atoms. The van der Waals surface area contributed by atoms with Gasteiger partial charge in [-0.1, -0.05) is 34.7 Å². The molecule has 272 valence electrons. The van der Waals surface area contributed by atoms with Gasteiger partial charge in [-0.3, -0.25) is 0 Å². The van der Waals surface area contributed by atoms with Crippen LogP contribution in [-0.2, 0) is 27.3 Å². The van der Waals surface area contributed by atoms with E-state index in [-0.39, 0.29) is 11.4 Å². The van der Waals surface area contributed by atoms with Crippen molar-refractivity contribution in [3.63, 3.8) is 0 Å². The highest BCUT2D eigenvalue weighted by Gasteiger charge is 2.19. The molecule has 5 rings (SSSR count). The predicted molar refractivity (Wildman–Crippen MR) is 183 cm³/mol. The molecule has 17 nitrogen and oxygen atoms in total. The van der Waals surface area contributed by atoms with Crippen molar-refractivity contribution in [1.29, 1.82) is 0 Å². The molecule has 0 aliphatic carbocycles. The van der Waals surface area contributed by atoms with Crippen LogP contribution in [0.15, 0.2) is 48.5 Å². The third-order valence-electron chi connectivity index (χ3n) is 7.00. The number of carbonyl (C=O) groups is 3. The number of aryl methyl sites for hydroxylation is 2. The molecular formula is C34H43N9O8. The lowest BCUT2D eigenvalue weighted by molar-refractivity contribution is 0.0504. The number of carbonyl (C=O) groups excluding carboxylic acids is 3. The Hall–Kier alpha value is -6.13. The van der Waals surface area contributed by atoms with Crippen LogP contribution in [0, 0.1) is 20.8 Å². The number of ether oxygens (including phenoxy) is 5. The van der Waals surface area contributed by atoms with Gasteiger partial charge in [0.1, 0.15) is 11.5 Å². The molecule has 0 bridgehead atoms. The van der Waals surface area contributed by atoms with Crippen LogP contribution in [0.25, 0.3) is 0 Å². The number of nitrogens with one attached hydrogen (secondary N) is 1. The molecule has 0 aliphatic rings. The first kappa shape index (κ1) is 39.3.